The molecule has 0 atom stereocenters. The average molecular weight is 232 g/mol. The third-order valence-electron chi connectivity index (χ3n) is 2.47. The van der Waals surface area contributed by atoms with Crippen molar-refractivity contribution in [2.45, 2.75) is 13.5 Å². The van der Waals surface area contributed by atoms with Gasteiger partial charge in [0.05, 0.1) is 16.2 Å². The van der Waals surface area contributed by atoms with Crippen LogP contribution in [0.4, 0.5) is 11.4 Å². The minimum atomic E-state index is -0.431. The normalized spacial score (nSPS) is 10.4. The number of rotatable bonds is 3. The Hall–Kier alpha value is -2.37. The average Bonchev–Trinajstić information content (AvgIpc) is 2.70. The van der Waals surface area contributed by atoms with Gasteiger partial charge in [0.2, 0.25) is 0 Å². The maximum Gasteiger partial charge on any atom is 0.278 e. The van der Waals surface area contributed by atoms with Crippen LogP contribution < -0.4 is 5.73 Å². The Kier molecular flexibility index (Phi) is 2.78. The number of nitrogen functional groups attached to an aromatic ring is 1. The molecule has 6 nitrogen and oxygen atoms in total. The predicted octanol–water partition coefficient (Wildman–Crippen LogP) is 2.06. The summed E-state index contributed by atoms with van der Waals surface area (Å²) in [6.07, 6.45) is 1.67. The largest absolute Gasteiger partial charge is 0.396 e. The van der Waals surface area contributed by atoms with Gasteiger partial charge in [-0.25, -0.2) is 0 Å². The third-order valence-corrected chi connectivity index (χ3v) is 2.47. The van der Waals surface area contributed by atoms with Crippen LogP contribution >= 0.6 is 0 Å². The lowest BCUT2D eigenvalue weighted by atomic mass is 10.1. The Bertz CT molecular complexity index is 562. The number of para-hydroxylation sites is 1. The van der Waals surface area contributed by atoms with Gasteiger partial charge in [-0.3, -0.25) is 14.8 Å². The van der Waals surface area contributed by atoms with Gasteiger partial charge in [0.15, 0.2) is 0 Å². The van der Waals surface area contributed by atoms with Gasteiger partial charge >= 0.3 is 0 Å². The first-order chi connectivity index (χ1) is 8.13. The molecule has 0 aliphatic rings. The number of aromatic nitrogens is 2. The summed E-state index contributed by atoms with van der Waals surface area (Å²) in [4.78, 5) is 10.5. The first-order valence-corrected chi connectivity index (χ1v) is 5.20. The first-order valence-electron chi connectivity index (χ1n) is 5.20. The van der Waals surface area contributed by atoms with E-state index in [0.717, 1.165) is 0 Å². The second-order valence-corrected chi connectivity index (χ2v) is 3.56. The van der Waals surface area contributed by atoms with E-state index in [1.165, 1.54) is 6.07 Å². The summed E-state index contributed by atoms with van der Waals surface area (Å²) in [5.41, 5.74) is 7.18. The summed E-state index contributed by atoms with van der Waals surface area (Å²) < 4.78 is 1.65. The molecule has 2 rings (SSSR count). The van der Waals surface area contributed by atoms with Crippen molar-refractivity contribution in [1.29, 1.82) is 0 Å². The second kappa shape index (κ2) is 4.25. The summed E-state index contributed by atoms with van der Waals surface area (Å²) in [6, 6.07) is 6.44. The highest BCUT2D eigenvalue weighted by Gasteiger charge is 2.18. The van der Waals surface area contributed by atoms with E-state index in [0.29, 0.717) is 23.5 Å². The third kappa shape index (κ3) is 1.96. The molecule has 0 aliphatic heterocycles. The van der Waals surface area contributed by atoms with E-state index in [4.69, 9.17) is 5.73 Å². The fraction of sp³-hybridized carbons (Fsp3) is 0.182. The summed E-state index contributed by atoms with van der Waals surface area (Å²) in [5.74, 6) is 0. The molecule has 0 unspecified atom stereocenters. The van der Waals surface area contributed by atoms with Gasteiger partial charge in [-0.15, -0.1) is 0 Å². The van der Waals surface area contributed by atoms with E-state index < -0.39 is 4.92 Å². The zero-order valence-electron chi connectivity index (χ0n) is 9.33. The van der Waals surface area contributed by atoms with E-state index in [2.05, 4.69) is 5.10 Å². The molecule has 1 aromatic carbocycles. The van der Waals surface area contributed by atoms with Crippen LogP contribution in [0.1, 0.15) is 6.92 Å². The van der Waals surface area contributed by atoms with Crippen LogP contribution in [-0.4, -0.2) is 14.7 Å². The molecule has 17 heavy (non-hydrogen) atoms. The number of aryl methyl sites for hydroxylation is 1. The van der Waals surface area contributed by atoms with Crippen LogP contribution in [0.15, 0.2) is 30.5 Å². The predicted molar refractivity (Wildman–Crippen MR) is 64.4 cm³/mol. The van der Waals surface area contributed by atoms with Crippen molar-refractivity contribution in [2.24, 2.45) is 0 Å². The number of hydrogen-bond acceptors (Lipinski definition) is 4. The molecule has 2 N–H and O–H groups in total. The minimum absolute atomic E-state index is 0.0144. The summed E-state index contributed by atoms with van der Waals surface area (Å²) in [6.45, 7) is 2.60. The quantitative estimate of drug-likeness (QED) is 0.648. The standard InChI is InChI=1S/C11H12N4O2/c1-2-14-7-9(12)11(13-14)8-5-3-4-6-10(8)15(16)17/h3-7H,2,12H2,1H3. The van der Waals surface area contributed by atoms with E-state index in [1.807, 2.05) is 6.92 Å². The zero-order chi connectivity index (χ0) is 12.4. The van der Waals surface area contributed by atoms with Crippen molar-refractivity contribution in [1.82, 2.24) is 9.78 Å². The lowest BCUT2D eigenvalue weighted by molar-refractivity contribution is -0.384. The molecule has 88 valence electrons. The van der Waals surface area contributed by atoms with Gasteiger partial charge in [0.1, 0.15) is 5.69 Å². The number of hydrogen-bond donors (Lipinski definition) is 1. The summed E-state index contributed by atoms with van der Waals surface area (Å²) in [7, 11) is 0. The van der Waals surface area contributed by atoms with Crippen molar-refractivity contribution in [2.75, 3.05) is 5.73 Å². The lowest BCUT2D eigenvalue weighted by Crippen LogP contribution is -1.96. The van der Waals surface area contributed by atoms with Crippen molar-refractivity contribution >= 4 is 11.4 Å². The molecule has 0 amide bonds. The highest BCUT2D eigenvalue weighted by molar-refractivity contribution is 5.78. The SMILES string of the molecule is CCn1cc(N)c(-c2ccccc2[N+](=O)[O-])n1. The molecule has 6 heteroatoms. The maximum absolute atomic E-state index is 10.9. The first kappa shape index (κ1) is 11.1. The Labute approximate surface area is 97.8 Å². The molecular weight excluding hydrogens is 220 g/mol. The highest BCUT2D eigenvalue weighted by atomic mass is 16.6. The summed E-state index contributed by atoms with van der Waals surface area (Å²) >= 11 is 0. The molecule has 0 bridgehead atoms. The van der Waals surface area contributed by atoms with Crippen molar-refractivity contribution < 1.29 is 4.92 Å². The van der Waals surface area contributed by atoms with E-state index >= 15 is 0 Å². The molecule has 0 saturated heterocycles. The smallest absolute Gasteiger partial charge is 0.278 e. The van der Waals surface area contributed by atoms with Gasteiger partial charge in [-0.05, 0) is 13.0 Å². The topological polar surface area (TPSA) is 87.0 Å². The molecule has 0 spiro atoms. The van der Waals surface area contributed by atoms with Crippen LogP contribution in [0, 0.1) is 10.1 Å². The fourth-order valence-electron chi connectivity index (χ4n) is 1.64. The molecule has 1 aromatic heterocycles. The van der Waals surface area contributed by atoms with Gasteiger partial charge < -0.3 is 5.73 Å². The highest BCUT2D eigenvalue weighted by Crippen LogP contribution is 2.31. The Morgan fingerprint density at radius 1 is 1.47 bits per heavy atom. The van der Waals surface area contributed by atoms with Crippen molar-refractivity contribution in [3.63, 3.8) is 0 Å². The van der Waals surface area contributed by atoms with Crippen LogP contribution in [0.5, 0.6) is 0 Å². The number of benzene rings is 1. The number of nitrogens with zero attached hydrogens (tertiary/aromatic N) is 3. The Morgan fingerprint density at radius 3 is 2.76 bits per heavy atom. The van der Waals surface area contributed by atoms with E-state index in [-0.39, 0.29) is 5.69 Å². The minimum Gasteiger partial charge on any atom is -0.396 e. The Balaban J connectivity index is 2.59. The van der Waals surface area contributed by atoms with Gasteiger partial charge in [0, 0.05) is 18.8 Å². The zero-order valence-corrected chi connectivity index (χ0v) is 9.33. The molecule has 0 aliphatic carbocycles. The fourth-order valence-corrected chi connectivity index (χ4v) is 1.64. The maximum atomic E-state index is 10.9. The van der Waals surface area contributed by atoms with Crippen molar-refractivity contribution in [3.8, 4) is 11.3 Å². The van der Waals surface area contributed by atoms with Gasteiger partial charge in [0.25, 0.3) is 5.69 Å². The molecule has 2 aromatic rings. The summed E-state index contributed by atoms with van der Waals surface area (Å²) in [5, 5.41) is 15.1. The van der Waals surface area contributed by atoms with Crippen LogP contribution in [0.2, 0.25) is 0 Å². The number of nitro benzene ring substituents is 1. The number of nitro groups is 1. The van der Waals surface area contributed by atoms with Gasteiger partial charge in [-0.2, -0.15) is 5.10 Å². The van der Waals surface area contributed by atoms with E-state index in [1.54, 1.807) is 29.1 Å². The number of nitrogens with two attached hydrogens (primary N) is 1. The molecule has 0 saturated carbocycles. The van der Waals surface area contributed by atoms with Gasteiger partial charge in [-0.1, -0.05) is 12.1 Å². The molecule has 1 heterocycles. The van der Waals surface area contributed by atoms with Crippen LogP contribution in [0.25, 0.3) is 11.3 Å². The number of anilines is 1. The monoisotopic (exact) mass is 232 g/mol. The van der Waals surface area contributed by atoms with E-state index in [9.17, 15) is 10.1 Å². The van der Waals surface area contributed by atoms with Crippen LogP contribution in [-0.2, 0) is 6.54 Å². The Morgan fingerprint density at radius 2 is 2.18 bits per heavy atom. The second-order valence-electron chi connectivity index (χ2n) is 3.56. The van der Waals surface area contributed by atoms with Crippen molar-refractivity contribution in [3.05, 3.63) is 40.6 Å². The molecule has 0 fully saturated rings. The lowest BCUT2D eigenvalue weighted by Gasteiger charge is -2.00. The molecular formula is C11H12N4O2. The molecule has 0 radical (unpaired) electrons. The van der Waals surface area contributed by atoms with Crippen LogP contribution in [0.3, 0.4) is 0 Å².